The Morgan fingerprint density at radius 3 is 2.85 bits per heavy atom. The molecule has 1 aromatic heterocycles. The van der Waals surface area contributed by atoms with Crippen molar-refractivity contribution in [2.24, 2.45) is 5.92 Å². The number of H-pyrrole nitrogens is 1. The van der Waals surface area contributed by atoms with Crippen molar-refractivity contribution >= 4 is 16.8 Å². The molecule has 1 heterocycles. The molecule has 1 saturated carbocycles. The molecule has 3 rings (SSSR count). The fourth-order valence-corrected chi connectivity index (χ4v) is 2.81. The average Bonchev–Trinajstić information content (AvgIpc) is 2.68. The zero-order chi connectivity index (χ0) is 14.3. The summed E-state index contributed by atoms with van der Waals surface area (Å²) in [6.45, 7) is 4.75. The lowest BCUT2D eigenvalue weighted by Crippen LogP contribution is -2.38. The molecule has 1 fully saturated rings. The topological polar surface area (TPSA) is 65.1 Å². The maximum absolute atomic E-state index is 12.1. The first kappa shape index (κ1) is 13.2. The molecule has 0 bridgehead atoms. The third-order valence-corrected chi connectivity index (χ3v) is 4.33. The SMILES string of the molecule is Cc1[nH]c2ccc(C(=O)NCC3CC(O)C3)cc2c1C. The number of hydrogen-bond acceptors (Lipinski definition) is 2. The predicted octanol–water partition coefficient (Wildman–Crippen LogP) is 2.29. The van der Waals surface area contributed by atoms with Crippen LogP contribution >= 0.6 is 0 Å². The van der Waals surface area contributed by atoms with Gasteiger partial charge in [-0.05, 0) is 56.4 Å². The number of aryl methyl sites for hydroxylation is 2. The minimum atomic E-state index is -0.168. The van der Waals surface area contributed by atoms with E-state index < -0.39 is 0 Å². The summed E-state index contributed by atoms with van der Waals surface area (Å²) in [6.07, 6.45) is 1.43. The number of aromatic nitrogens is 1. The average molecular weight is 272 g/mol. The number of fused-ring (bicyclic) bond motifs is 1. The van der Waals surface area contributed by atoms with E-state index in [1.807, 2.05) is 25.1 Å². The Morgan fingerprint density at radius 2 is 2.15 bits per heavy atom. The van der Waals surface area contributed by atoms with Gasteiger partial charge in [-0.25, -0.2) is 0 Å². The largest absolute Gasteiger partial charge is 0.393 e. The van der Waals surface area contributed by atoms with Gasteiger partial charge in [0.25, 0.3) is 5.91 Å². The number of carbonyl (C=O) groups excluding carboxylic acids is 1. The van der Waals surface area contributed by atoms with Crippen molar-refractivity contribution in [2.75, 3.05) is 6.54 Å². The summed E-state index contributed by atoms with van der Waals surface area (Å²) in [6, 6.07) is 5.75. The zero-order valence-corrected chi connectivity index (χ0v) is 11.9. The summed E-state index contributed by atoms with van der Waals surface area (Å²) in [4.78, 5) is 15.5. The molecule has 4 heteroatoms. The normalized spacial score (nSPS) is 21.8. The molecular formula is C16H20N2O2. The Bertz CT molecular complexity index is 654. The molecule has 0 unspecified atom stereocenters. The van der Waals surface area contributed by atoms with E-state index in [1.54, 1.807) is 0 Å². The highest BCUT2D eigenvalue weighted by Gasteiger charge is 2.27. The fraction of sp³-hybridized carbons (Fsp3) is 0.438. The third kappa shape index (κ3) is 2.31. The molecule has 0 spiro atoms. The molecule has 0 aliphatic heterocycles. The van der Waals surface area contributed by atoms with Gasteiger partial charge >= 0.3 is 0 Å². The second kappa shape index (κ2) is 4.94. The van der Waals surface area contributed by atoms with Crippen LogP contribution < -0.4 is 5.32 Å². The number of benzene rings is 1. The van der Waals surface area contributed by atoms with Crippen molar-refractivity contribution in [1.82, 2.24) is 10.3 Å². The van der Waals surface area contributed by atoms with Gasteiger partial charge in [0.1, 0.15) is 0 Å². The Morgan fingerprint density at radius 1 is 1.40 bits per heavy atom. The van der Waals surface area contributed by atoms with Crippen LogP contribution in [0.15, 0.2) is 18.2 Å². The van der Waals surface area contributed by atoms with Gasteiger partial charge < -0.3 is 15.4 Å². The summed E-state index contributed by atoms with van der Waals surface area (Å²) in [5.41, 5.74) is 4.09. The number of aromatic amines is 1. The van der Waals surface area contributed by atoms with Crippen LogP contribution in [0.3, 0.4) is 0 Å². The van der Waals surface area contributed by atoms with Crippen LogP contribution in [0.25, 0.3) is 10.9 Å². The lowest BCUT2D eigenvalue weighted by atomic mass is 9.82. The highest BCUT2D eigenvalue weighted by atomic mass is 16.3. The molecule has 1 aliphatic rings. The van der Waals surface area contributed by atoms with Crippen molar-refractivity contribution in [3.05, 3.63) is 35.0 Å². The van der Waals surface area contributed by atoms with Gasteiger partial charge in [0.15, 0.2) is 0 Å². The molecule has 0 atom stereocenters. The van der Waals surface area contributed by atoms with Crippen LogP contribution in [-0.2, 0) is 0 Å². The zero-order valence-electron chi connectivity index (χ0n) is 11.9. The Balaban J connectivity index is 1.72. The maximum atomic E-state index is 12.1. The molecule has 0 saturated heterocycles. The molecular weight excluding hydrogens is 252 g/mol. The van der Waals surface area contributed by atoms with Crippen LogP contribution in [0, 0.1) is 19.8 Å². The molecule has 1 aromatic carbocycles. The van der Waals surface area contributed by atoms with E-state index in [0.717, 1.165) is 29.4 Å². The second-order valence-corrected chi connectivity index (χ2v) is 5.84. The number of aliphatic hydroxyl groups is 1. The van der Waals surface area contributed by atoms with E-state index >= 15 is 0 Å². The number of carbonyl (C=O) groups is 1. The quantitative estimate of drug-likeness (QED) is 0.802. The summed E-state index contributed by atoms with van der Waals surface area (Å²) < 4.78 is 0. The summed E-state index contributed by atoms with van der Waals surface area (Å²) in [7, 11) is 0. The van der Waals surface area contributed by atoms with E-state index in [2.05, 4.69) is 17.2 Å². The fourth-order valence-electron chi connectivity index (χ4n) is 2.81. The number of aliphatic hydroxyl groups excluding tert-OH is 1. The van der Waals surface area contributed by atoms with Crippen LogP contribution in [0.2, 0.25) is 0 Å². The van der Waals surface area contributed by atoms with E-state index in [0.29, 0.717) is 18.0 Å². The molecule has 2 aromatic rings. The smallest absolute Gasteiger partial charge is 0.251 e. The van der Waals surface area contributed by atoms with Crippen molar-refractivity contribution in [2.45, 2.75) is 32.8 Å². The Kier molecular flexibility index (Phi) is 3.26. The Labute approximate surface area is 118 Å². The third-order valence-electron chi connectivity index (χ3n) is 4.33. The van der Waals surface area contributed by atoms with Crippen molar-refractivity contribution in [3.63, 3.8) is 0 Å². The van der Waals surface area contributed by atoms with Gasteiger partial charge in [0, 0.05) is 28.7 Å². The molecule has 106 valence electrons. The molecule has 3 N–H and O–H groups in total. The molecule has 1 amide bonds. The van der Waals surface area contributed by atoms with E-state index in [-0.39, 0.29) is 12.0 Å². The highest BCUT2D eigenvalue weighted by molar-refractivity contribution is 5.99. The van der Waals surface area contributed by atoms with Crippen molar-refractivity contribution in [1.29, 1.82) is 0 Å². The van der Waals surface area contributed by atoms with Gasteiger partial charge in [0.2, 0.25) is 0 Å². The Hall–Kier alpha value is -1.81. The minimum absolute atomic E-state index is 0.0356. The second-order valence-electron chi connectivity index (χ2n) is 5.84. The van der Waals surface area contributed by atoms with Crippen LogP contribution in [0.5, 0.6) is 0 Å². The van der Waals surface area contributed by atoms with Crippen LogP contribution in [0.4, 0.5) is 0 Å². The number of nitrogens with one attached hydrogen (secondary N) is 2. The van der Waals surface area contributed by atoms with Gasteiger partial charge in [0.05, 0.1) is 6.10 Å². The first-order chi connectivity index (χ1) is 9.54. The molecule has 1 aliphatic carbocycles. The maximum Gasteiger partial charge on any atom is 0.251 e. The lowest BCUT2D eigenvalue weighted by Gasteiger charge is -2.31. The summed E-state index contributed by atoms with van der Waals surface area (Å²) in [5.74, 6) is 0.389. The lowest BCUT2D eigenvalue weighted by molar-refractivity contribution is 0.0420. The number of amides is 1. The standard InChI is InChI=1S/C16H20N2O2/c1-9-10(2)18-15-4-3-12(7-14(9)15)16(20)17-8-11-5-13(19)6-11/h3-4,7,11,13,18-19H,5-6,8H2,1-2H3,(H,17,20). The van der Waals surface area contributed by atoms with Gasteiger partial charge in [-0.15, -0.1) is 0 Å². The van der Waals surface area contributed by atoms with Gasteiger partial charge in [-0.3, -0.25) is 4.79 Å². The highest BCUT2D eigenvalue weighted by Crippen LogP contribution is 2.26. The van der Waals surface area contributed by atoms with Gasteiger partial charge in [-0.1, -0.05) is 0 Å². The minimum Gasteiger partial charge on any atom is -0.393 e. The van der Waals surface area contributed by atoms with Crippen molar-refractivity contribution in [3.8, 4) is 0 Å². The predicted molar refractivity (Wildman–Crippen MR) is 78.8 cm³/mol. The first-order valence-corrected chi connectivity index (χ1v) is 7.10. The summed E-state index contributed by atoms with van der Waals surface area (Å²) in [5, 5.41) is 13.3. The molecule has 20 heavy (non-hydrogen) atoms. The first-order valence-electron chi connectivity index (χ1n) is 7.10. The number of hydrogen-bond donors (Lipinski definition) is 3. The van der Waals surface area contributed by atoms with E-state index in [1.165, 1.54) is 5.56 Å². The van der Waals surface area contributed by atoms with Crippen molar-refractivity contribution < 1.29 is 9.90 Å². The van der Waals surface area contributed by atoms with E-state index in [9.17, 15) is 9.90 Å². The van der Waals surface area contributed by atoms with Gasteiger partial charge in [-0.2, -0.15) is 0 Å². The van der Waals surface area contributed by atoms with Crippen LogP contribution in [-0.4, -0.2) is 28.6 Å². The van der Waals surface area contributed by atoms with E-state index in [4.69, 9.17) is 0 Å². The number of rotatable bonds is 3. The monoisotopic (exact) mass is 272 g/mol. The summed E-state index contributed by atoms with van der Waals surface area (Å²) >= 11 is 0. The molecule has 0 radical (unpaired) electrons. The molecule has 4 nitrogen and oxygen atoms in total. The van der Waals surface area contributed by atoms with Crippen LogP contribution in [0.1, 0.15) is 34.5 Å².